The summed E-state index contributed by atoms with van der Waals surface area (Å²) in [6.07, 6.45) is 0. The predicted octanol–water partition coefficient (Wildman–Crippen LogP) is 2.88. The summed E-state index contributed by atoms with van der Waals surface area (Å²) in [5, 5.41) is 7.73. The zero-order chi connectivity index (χ0) is 9.97. The zero-order valence-corrected chi connectivity index (χ0v) is 9.11. The Hall–Kier alpha value is -1.20. The molecule has 0 unspecified atom stereocenters. The maximum atomic E-state index is 5.12. The number of hydrogen-bond donors (Lipinski definition) is 1. The minimum atomic E-state index is 0.683. The lowest BCUT2D eigenvalue weighted by molar-refractivity contribution is 0.415. The van der Waals surface area contributed by atoms with Crippen LogP contribution >= 0.6 is 23.6 Å². The van der Waals surface area contributed by atoms with E-state index in [1.165, 1.54) is 11.3 Å². The molecule has 0 bridgehead atoms. The van der Waals surface area contributed by atoms with Gasteiger partial charge in [0, 0.05) is 5.56 Å². The van der Waals surface area contributed by atoms with Gasteiger partial charge in [-0.1, -0.05) is 23.5 Å². The summed E-state index contributed by atoms with van der Waals surface area (Å²) in [5.74, 6) is 0.823. The first-order valence-electron chi connectivity index (χ1n) is 3.99. The number of rotatable bonds is 2. The first-order valence-corrected chi connectivity index (χ1v) is 5.22. The first kappa shape index (κ1) is 9.36. The van der Waals surface area contributed by atoms with Crippen molar-refractivity contribution in [1.82, 2.24) is 10.2 Å². The van der Waals surface area contributed by atoms with Crippen molar-refractivity contribution in [1.29, 1.82) is 0 Å². The molecule has 2 aromatic rings. The molecule has 0 spiro atoms. The van der Waals surface area contributed by atoms with E-state index in [2.05, 4.69) is 10.2 Å². The first-order chi connectivity index (χ1) is 6.79. The van der Waals surface area contributed by atoms with Gasteiger partial charge in [-0.2, -0.15) is 5.10 Å². The van der Waals surface area contributed by atoms with Gasteiger partial charge in [0.1, 0.15) is 10.8 Å². The van der Waals surface area contributed by atoms with E-state index in [1.807, 2.05) is 24.3 Å². The molecule has 0 aliphatic carbocycles. The number of hydrogen-bond acceptors (Lipinski definition) is 4. The van der Waals surface area contributed by atoms with Crippen LogP contribution < -0.4 is 4.74 Å². The highest BCUT2D eigenvalue weighted by Gasteiger charge is 2.02. The standard InChI is InChI=1S/C9H8N2OS2/c1-12-7-4-2-3-6(5-7)8-10-11-9(13)14-8/h2-5H,1H3,(H,11,13). The molecule has 1 aromatic carbocycles. The summed E-state index contributed by atoms with van der Waals surface area (Å²) in [4.78, 5) is 0. The largest absolute Gasteiger partial charge is 0.497 e. The Morgan fingerprint density at radius 1 is 1.50 bits per heavy atom. The maximum Gasteiger partial charge on any atom is 0.176 e. The number of methoxy groups -OCH3 is 1. The van der Waals surface area contributed by atoms with E-state index in [1.54, 1.807) is 7.11 Å². The number of aromatic amines is 1. The normalized spacial score (nSPS) is 10.1. The summed E-state index contributed by atoms with van der Waals surface area (Å²) < 4.78 is 5.81. The number of benzene rings is 1. The lowest BCUT2D eigenvalue weighted by Gasteiger charge is -2.00. The Balaban J connectivity index is 2.46. The Kier molecular flexibility index (Phi) is 2.60. The highest BCUT2D eigenvalue weighted by molar-refractivity contribution is 7.73. The highest BCUT2D eigenvalue weighted by atomic mass is 32.1. The lowest BCUT2D eigenvalue weighted by atomic mass is 10.2. The van der Waals surface area contributed by atoms with Crippen LogP contribution in [0.15, 0.2) is 24.3 Å². The summed E-state index contributed by atoms with van der Waals surface area (Å²) in [7, 11) is 1.64. The monoisotopic (exact) mass is 224 g/mol. The molecule has 0 atom stereocenters. The van der Waals surface area contributed by atoms with E-state index in [-0.39, 0.29) is 0 Å². The molecule has 0 aliphatic rings. The van der Waals surface area contributed by atoms with Crippen LogP contribution in [0.1, 0.15) is 0 Å². The molecular formula is C9H8N2OS2. The number of ether oxygens (including phenoxy) is 1. The molecule has 0 amide bonds. The molecule has 1 aromatic heterocycles. The van der Waals surface area contributed by atoms with Crippen LogP contribution in [-0.2, 0) is 0 Å². The van der Waals surface area contributed by atoms with Crippen LogP contribution in [-0.4, -0.2) is 17.3 Å². The number of H-pyrrole nitrogens is 1. The van der Waals surface area contributed by atoms with Crippen LogP contribution in [0.25, 0.3) is 10.6 Å². The third-order valence-electron chi connectivity index (χ3n) is 1.75. The van der Waals surface area contributed by atoms with E-state index in [0.29, 0.717) is 3.95 Å². The Morgan fingerprint density at radius 2 is 2.36 bits per heavy atom. The molecule has 2 rings (SSSR count). The topological polar surface area (TPSA) is 37.9 Å². The average Bonchev–Trinajstić information content (AvgIpc) is 2.65. The average molecular weight is 224 g/mol. The summed E-state index contributed by atoms with van der Waals surface area (Å²) >= 11 is 6.42. The fourth-order valence-corrected chi connectivity index (χ4v) is 1.99. The number of nitrogens with one attached hydrogen (secondary N) is 1. The quantitative estimate of drug-likeness (QED) is 0.797. The van der Waals surface area contributed by atoms with Gasteiger partial charge in [-0.15, -0.1) is 0 Å². The van der Waals surface area contributed by atoms with Gasteiger partial charge < -0.3 is 4.74 Å². The molecule has 14 heavy (non-hydrogen) atoms. The third kappa shape index (κ3) is 1.83. The fraction of sp³-hybridized carbons (Fsp3) is 0.111. The second-order valence-electron chi connectivity index (χ2n) is 2.65. The van der Waals surface area contributed by atoms with Gasteiger partial charge in [0.25, 0.3) is 0 Å². The van der Waals surface area contributed by atoms with E-state index in [4.69, 9.17) is 17.0 Å². The zero-order valence-electron chi connectivity index (χ0n) is 7.48. The van der Waals surface area contributed by atoms with Crippen LogP contribution in [0.3, 0.4) is 0 Å². The molecule has 1 heterocycles. The minimum absolute atomic E-state index is 0.683. The van der Waals surface area contributed by atoms with E-state index in [9.17, 15) is 0 Å². The van der Waals surface area contributed by atoms with Crippen molar-refractivity contribution in [2.24, 2.45) is 0 Å². The number of nitrogens with zero attached hydrogens (tertiary/aromatic N) is 1. The smallest absolute Gasteiger partial charge is 0.176 e. The van der Waals surface area contributed by atoms with Crippen molar-refractivity contribution in [2.45, 2.75) is 0 Å². The minimum Gasteiger partial charge on any atom is -0.497 e. The van der Waals surface area contributed by atoms with Crippen molar-refractivity contribution in [3.05, 3.63) is 28.2 Å². The lowest BCUT2D eigenvalue weighted by Crippen LogP contribution is -1.83. The second-order valence-corrected chi connectivity index (χ2v) is 4.32. The summed E-state index contributed by atoms with van der Waals surface area (Å²) in [6.45, 7) is 0. The maximum absolute atomic E-state index is 5.12. The van der Waals surface area contributed by atoms with Gasteiger partial charge in [0.2, 0.25) is 0 Å². The molecule has 5 heteroatoms. The summed E-state index contributed by atoms with van der Waals surface area (Å²) in [5.41, 5.74) is 1.02. The molecule has 0 fully saturated rings. The van der Waals surface area contributed by atoms with Gasteiger partial charge in [0.05, 0.1) is 7.11 Å². The van der Waals surface area contributed by atoms with Crippen molar-refractivity contribution in [2.75, 3.05) is 7.11 Å². The molecule has 72 valence electrons. The van der Waals surface area contributed by atoms with Crippen LogP contribution in [0.5, 0.6) is 5.75 Å². The van der Waals surface area contributed by atoms with Crippen molar-refractivity contribution < 1.29 is 4.74 Å². The van der Waals surface area contributed by atoms with Crippen molar-refractivity contribution >= 4 is 23.6 Å². The van der Waals surface area contributed by atoms with E-state index >= 15 is 0 Å². The van der Waals surface area contributed by atoms with Gasteiger partial charge in [-0.25, -0.2) is 0 Å². The molecule has 1 N–H and O–H groups in total. The summed E-state index contributed by atoms with van der Waals surface area (Å²) in [6, 6.07) is 7.74. The molecule has 0 radical (unpaired) electrons. The van der Waals surface area contributed by atoms with Gasteiger partial charge in [-0.05, 0) is 24.4 Å². The molecule has 3 nitrogen and oxygen atoms in total. The van der Waals surface area contributed by atoms with Crippen LogP contribution in [0.4, 0.5) is 0 Å². The predicted molar refractivity (Wildman–Crippen MR) is 59.3 cm³/mol. The SMILES string of the molecule is COc1cccc(-c2n[nH]c(=S)s2)c1. The second kappa shape index (κ2) is 3.89. The Bertz CT molecular complexity index is 489. The van der Waals surface area contributed by atoms with E-state index < -0.39 is 0 Å². The van der Waals surface area contributed by atoms with Gasteiger partial charge >= 0.3 is 0 Å². The number of aromatic nitrogens is 2. The third-order valence-corrected chi connectivity index (χ3v) is 2.89. The fourth-order valence-electron chi connectivity index (χ4n) is 1.11. The molecular weight excluding hydrogens is 216 g/mol. The molecule has 0 aliphatic heterocycles. The van der Waals surface area contributed by atoms with Crippen LogP contribution in [0.2, 0.25) is 0 Å². The van der Waals surface area contributed by atoms with Crippen molar-refractivity contribution in [3.63, 3.8) is 0 Å². The molecule has 0 saturated carbocycles. The Morgan fingerprint density at radius 3 is 3.00 bits per heavy atom. The van der Waals surface area contributed by atoms with Crippen molar-refractivity contribution in [3.8, 4) is 16.3 Å². The Labute approximate surface area is 90.4 Å². The van der Waals surface area contributed by atoms with Crippen LogP contribution in [0, 0.1) is 3.95 Å². The van der Waals surface area contributed by atoms with Gasteiger partial charge in [0.15, 0.2) is 3.95 Å². The molecule has 0 saturated heterocycles. The van der Waals surface area contributed by atoms with E-state index in [0.717, 1.165) is 16.3 Å². The van der Waals surface area contributed by atoms with Gasteiger partial charge in [-0.3, -0.25) is 5.10 Å². The highest BCUT2D eigenvalue weighted by Crippen LogP contribution is 2.24.